The zero-order chi connectivity index (χ0) is 12.7. The molecule has 1 unspecified atom stereocenters. The van der Waals surface area contributed by atoms with E-state index in [1.807, 2.05) is 11.4 Å². The molecule has 0 saturated carbocycles. The third kappa shape index (κ3) is 6.20. The standard InChI is InChI=1S/C11H13NO5.Ar/c13-6-9(10(14)15)12-11(16)17-7-8-4-2-1-3-5-8;/h1-5,9,13H,6-7H2,(H,12,16)(H,14,15);. The van der Waals surface area contributed by atoms with E-state index in [4.69, 9.17) is 14.9 Å². The minimum Gasteiger partial charge on any atom is -0.480 e. The Morgan fingerprint density at radius 3 is 2.39 bits per heavy atom. The van der Waals surface area contributed by atoms with Crippen LogP contribution in [0.2, 0.25) is 0 Å². The van der Waals surface area contributed by atoms with Crippen LogP contribution in [0, 0.1) is 37.7 Å². The summed E-state index contributed by atoms with van der Waals surface area (Å²) in [6.45, 7) is -0.639. The van der Waals surface area contributed by atoms with Crippen molar-refractivity contribution in [2.45, 2.75) is 12.6 Å². The van der Waals surface area contributed by atoms with Crippen LogP contribution in [0.25, 0.3) is 0 Å². The van der Waals surface area contributed by atoms with Crippen LogP contribution >= 0.6 is 0 Å². The first kappa shape index (κ1) is 17.2. The number of nitrogens with one attached hydrogen (secondary N) is 1. The summed E-state index contributed by atoms with van der Waals surface area (Å²) in [5, 5.41) is 19.3. The fraction of sp³-hybridized carbons (Fsp3) is 0.273. The van der Waals surface area contributed by atoms with Crippen LogP contribution in [-0.2, 0) is 16.1 Å². The van der Waals surface area contributed by atoms with Gasteiger partial charge >= 0.3 is 12.1 Å². The van der Waals surface area contributed by atoms with Gasteiger partial charge in [0, 0.05) is 37.7 Å². The van der Waals surface area contributed by atoms with Crippen molar-refractivity contribution in [3.8, 4) is 0 Å². The maximum absolute atomic E-state index is 11.2. The Labute approximate surface area is 134 Å². The molecule has 100 valence electrons. The van der Waals surface area contributed by atoms with Crippen molar-refractivity contribution in [2.24, 2.45) is 0 Å². The van der Waals surface area contributed by atoms with E-state index < -0.39 is 24.7 Å². The average molecular weight is 279 g/mol. The van der Waals surface area contributed by atoms with Gasteiger partial charge in [-0.25, -0.2) is 9.59 Å². The molecule has 18 heavy (non-hydrogen) atoms. The van der Waals surface area contributed by atoms with Crippen molar-refractivity contribution in [2.75, 3.05) is 6.61 Å². The maximum atomic E-state index is 11.2. The summed E-state index contributed by atoms with van der Waals surface area (Å²) in [6.07, 6.45) is -0.879. The molecule has 0 bridgehead atoms. The van der Waals surface area contributed by atoms with Gasteiger partial charge in [0.15, 0.2) is 6.04 Å². The predicted molar refractivity (Wildman–Crippen MR) is 58.3 cm³/mol. The molecule has 3 N–H and O–H groups in total. The molecule has 1 rings (SSSR count). The fourth-order valence-electron chi connectivity index (χ4n) is 1.09. The van der Waals surface area contributed by atoms with Gasteiger partial charge in [-0.05, 0) is 5.56 Å². The number of carboxylic acid groups (broad SMARTS) is 1. The van der Waals surface area contributed by atoms with E-state index in [1.165, 1.54) is 0 Å². The molecule has 0 spiro atoms. The van der Waals surface area contributed by atoms with E-state index in [0.29, 0.717) is 0 Å². The number of alkyl carbamates (subject to hydrolysis) is 1. The van der Waals surface area contributed by atoms with Crippen LogP contribution in [0.4, 0.5) is 4.79 Å². The Bertz CT molecular complexity index is 384. The summed E-state index contributed by atoms with van der Waals surface area (Å²) in [4.78, 5) is 21.7. The molecular weight excluding hydrogens is 266 g/mol. The molecule has 0 heterocycles. The minimum absolute atomic E-state index is 0. The van der Waals surface area contributed by atoms with Crippen LogP contribution in [0.15, 0.2) is 30.3 Å². The van der Waals surface area contributed by atoms with Gasteiger partial charge in [-0.3, -0.25) is 0 Å². The van der Waals surface area contributed by atoms with Crippen LogP contribution in [-0.4, -0.2) is 34.9 Å². The SMILES string of the molecule is O=C(NC(CO)C(=O)O)OCc1ccccc1.[Ar]. The van der Waals surface area contributed by atoms with Crippen LogP contribution in [0.5, 0.6) is 0 Å². The van der Waals surface area contributed by atoms with Gasteiger partial charge in [0.1, 0.15) is 6.61 Å². The van der Waals surface area contributed by atoms with E-state index >= 15 is 0 Å². The van der Waals surface area contributed by atoms with Crippen LogP contribution in [0.1, 0.15) is 5.56 Å². The summed E-state index contributed by atoms with van der Waals surface area (Å²) >= 11 is 0. The van der Waals surface area contributed by atoms with Crippen LogP contribution < -0.4 is 5.32 Å². The number of amides is 1. The Kier molecular flexibility index (Phi) is 8.74. The summed E-state index contributed by atoms with van der Waals surface area (Å²) in [6, 6.07) is 7.62. The summed E-state index contributed by atoms with van der Waals surface area (Å²) in [5.74, 6) is -1.32. The number of aliphatic carboxylic acids is 1. The normalized spacial score (nSPS) is 10.9. The Balaban J connectivity index is 0.00000289. The van der Waals surface area contributed by atoms with Crippen LogP contribution in [0.3, 0.4) is 0 Å². The molecule has 0 fully saturated rings. The predicted octanol–water partition coefficient (Wildman–Crippen LogP) is 0.358. The Morgan fingerprint density at radius 2 is 1.89 bits per heavy atom. The molecule has 0 saturated heterocycles. The molecule has 1 aromatic rings. The number of benzene rings is 1. The van der Waals surface area contributed by atoms with E-state index in [-0.39, 0.29) is 44.3 Å². The van der Waals surface area contributed by atoms with E-state index in [2.05, 4.69) is 0 Å². The Morgan fingerprint density at radius 1 is 1.28 bits per heavy atom. The maximum Gasteiger partial charge on any atom is 0.408 e. The third-order valence-electron chi connectivity index (χ3n) is 1.99. The molecule has 0 aromatic heterocycles. The number of carbonyl (C=O) groups excluding carboxylic acids is 1. The molecule has 0 aliphatic carbocycles. The number of hydrogen-bond acceptors (Lipinski definition) is 4. The number of rotatable bonds is 5. The van der Waals surface area contributed by atoms with Gasteiger partial charge < -0.3 is 20.3 Å². The van der Waals surface area contributed by atoms with Crippen molar-refractivity contribution in [3.05, 3.63) is 35.9 Å². The molecule has 0 aliphatic heterocycles. The van der Waals surface area contributed by atoms with Gasteiger partial charge in [0.2, 0.25) is 0 Å². The average Bonchev–Trinajstić information content (AvgIpc) is 2.34. The summed E-state index contributed by atoms with van der Waals surface area (Å²) < 4.78 is 4.79. The zero-order valence-electron chi connectivity index (χ0n) is 9.35. The largest absolute Gasteiger partial charge is 0.480 e. The Hall–Kier alpha value is -0.820. The third-order valence-corrected chi connectivity index (χ3v) is 1.99. The van der Waals surface area contributed by atoms with Crippen molar-refractivity contribution in [3.63, 3.8) is 0 Å². The monoisotopic (exact) mass is 279 g/mol. The number of aliphatic hydroxyl groups excluding tert-OH is 1. The van der Waals surface area contributed by atoms with E-state index in [0.717, 1.165) is 5.56 Å². The molecule has 6 nitrogen and oxygen atoms in total. The van der Waals surface area contributed by atoms with Gasteiger partial charge in [-0.1, -0.05) is 30.3 Å². The first-order valence-corrected chi connectivity index (χ1v) is 4.94. The van der Waals surface area contributed by atoms with Gasteiger partial charge in [-0.15, -0.1) is 0 Å². The molecular formula is C11H13ArNO5. The number of carbonyl (C=O) groups is 2. The molecule has 7 heteroatoms. The molecule has 1 aromatic carbocycles. The van der Waals surface area contributed by atoms with E-state index in [1.54, 1.807) is 24.3 Å². The smallest absolute Gasteiger partial charge is 0.408 e. The molecule has 1 amide bonds. The van der Waals surface area contributed by atoms with Crippen molar-refractivity contribution < 1.29 is 62.3 Å². The second-order valence-electron chi connectivity index (χ2n) is 3.28. The van der Waals surface area contributed by atoms with Gasteiger partial charge in [-0.2, -0.15) is 0 Å². The van der Waals surface area contributed by atoms with Crippen molar-refractivity contribution in [1.29, 1.82) is 0 Å². The number of ether oxygens (including phenoxy) is 1. The van der Waals surface area contributed by atoms with E-state index in [9.17, 15) is 9.59 Å². The topological polar surface area (TPSA) is 95.9 Å². The fourth-order valence-corrected chi connectivity index (χ4v) is 1.09. The summed E-state index contributed by atoms with van der Waals surface area (Å²) in [7, 11) is 0. The first-order chi connectivity index (χ1) is 8.13. The second kappa shape index (κ2) is 9.16. The molecule has 0 aliphatic rings. The zero-order valence-corrected chi connectivity index (χ0v) is 10.1. The molecule has 1 atom stereocenters. The first-order valence-electron chi connectivity index (χ1n) is 4.94. The number of hydrogen-bond donors (Lipinski definition) is 3. The minimum atomic E-state index is -1.35. The second-order valence-corrected chi connectivity index (χ2v) is 3.28. The van der Waals surface area contributed by atoms with Gasteiger partial charge in [0.05, 0.1) is 6.61 Å². The number of carboxylic acids is 1. The van der Waals surface area contributed by atoms with Crippen molar-refractivity contribution in [1.82, 2.24) is 5.32 Å². The van der Waals surface area contributed by atoms with Crippen molar-refractivity contribution >= 4 is 12.1 Å². The summed E-state index contributed by atoms with van der Waals surface area (Å²) in [5.41, 5.74) is 0.790. The quantitative estimate of drug-likeness (QED) is 0.723. The number of aliphatic hydroxyl groups is 1. The van der Waals surface area contributed by atoms with Gasteiger partial charge in [0.25, 0.3) is 0 Å². The molecule has 0 radical (unpaired) electrons.